The van der Waals surface area contributed by atoms with Gasteiger partial charge in [-0.2, -0.15) is 0 Å². The number of nitrogens with one attached hydrogen (secondary N) is 1. The number of fused-ring (bicyclic) bond motifs is 1. The van der Waals surface area contributed by atoms with E-state index >= 15 is 0 Å². The van der Waals surface area contributed by atoms with Crippen molar-refractivity contribution in [1.82, 2.24) is 14.9 Å². The number of anilines is 1. The summed E-state index contributed by atoms with van der Waals surface area (Å²) in [5.41, 5.74) is 2.63. The third-order valence-electron chi connectivity index (χ3n) is 5.97. The highest BCUT2D eigenvalue weighted by Gasteiger charge is 2.43. The second-order valence-electron chi connectivity index (χ2n) is 7.71. The lowest BCUT2D eigenvalue weighted by Crippen LogP contribution is -2.45. The number of piperidine rings is 1. The van der Waals surface area contributed by atoms with Gasteiger partial charge in [0.15, 0.2) is 0 Å². The molecule has 3 aromatic rings. The predicted molar refractivity (Wildman–Crippen MR) is 112 cm³/mol. The Bertz CT molecular complexity index is 1040. The van der Waals surface area contributed by atoms with Crippen molar-refractivity contribution in [3.8, 4) is 0 Å². The fourth-order valence-corrected chi connectivity index (χ4v) is 4.54. The van der Waals surface area contributed by atoms with Crippen LogP contribution >= 0.6 is 11.6 Å². The molecule has 0 saturated carbocycles. The number of aromatic amines is 1. The average Bonchev–Trinajstić information content (AvgIpc) is 3.30. The van der Waals surface area contributed by atoms with Crippen LogP contribution in [0, 0.1) is 0 Å². The zero-order valence-corrected chi connectivity index (χ0v) is 16.6. The van der Waals surface area contributed by atoms with Crippen LogP contribution in [0.2, 0.25) is 5.02 Å². The van der Waals surface area contributed by atoms with E-state index in [0.29, 0.717) is 16.6 Å². The molecule has 3 heterocycles. The number of hydrogen-bond acceptors (Lipinski definition) is 4. The van der Waals surface area contributed by atoms with Crippen LogP contribution in [0.4, 0.5) is 5.69 Å². The molecule has 2 amide bonds. The number of aromatic nitrogens is 2. The third-order valence-corrected chi connectivity index (χ3v) is 6.22. The van der Waals surface area contributed by atoms with Crippen molar-refractivity contribution in [1.29, 1.82) is 0 Å². The largest absolute Gasteiger partial charge is 0.342 e. The monoisotopic (exact) mass is 408 g/mol. The normalized spacial score (nSPS) is 21.4. The number of imide groups is 1. The fraction of sp³-hybridized carbons (Fsp3) is 0.318. The maximum Gasteiger partial charge on any atom is 0.251 e. The molecule has 0 bridgehead atoms. The average molecular weight is 409 g/mol. The van der Waals surface area contributed by atoms with Gasteiger partial charge in [0, 0.05) is 10.9 Å². The lowest BCUT2D eigenvalue weighted by atomic mass is 9.95. The first-order valence-electron chi connectivity index (χ1n) is 9.91. The number of amides is 2. The van der Waals surface area contributed by atoms with Gasteiger partial charge in [-0.15, -0.1) is 0 Å². The zero-order valence-electron chi connectivity index (χ0n) is 15.8. The molecule has 2 aliphatic heterocycles. The van der Waals surface area contributed by atoms with Gasteiger partial charge in [-0.05, 0) is 62.3 Å². The lowest BCUT2D eigenvalue weighted by molar-refractivity contribution is -0.123. The summed E-state index contributed by atoms with van der Waals surface area (Å²) in [5, 5.41) is 0.581. The topological polar surface area (TPSA) is 69.3 Å². The minimum Gasteiger partial charge on any atom is -0.342 e. The molecule has 0 spiro atoms. The van der Waals surface area contributed by atoms with E-state index in [-0.39, 0.29) is 24.3 Å². The minimum atomic E-state index is -0.380. The Morgan fingerprint density at radius 1 is 1.00 bits per heavy atom. The maximum atomic E-state index is 13.0. The van der Waals surface area contributed by atoms with E-state index in [1.165, 1.54) is 4.90 Å². The molecule has 2 aliphatic rings. The van der Waals surface area contributed by atoms with Crippen molar-refractivity contribution in [2.24, 2.45) is 0 Å². The van der Waals surface area contributed by atoms with Crippen molar-refractivity contribution in [2.45, 2.75) is 31.2 Å². The van der Waals surface area contributed by atoms with Gasteiger partial charge in [-0.1, -0.05) is 23.7 Å². The highest BCUT2D eigenvalue weighted by molar-refractivity contribution is 6.30. The van der Waals surface area contributed by atoms with Crippen LogP contribution in [0.1, 0.15) is 31.0 Å². The number of para-hydroxylation sites is 2. The van der Waals surface area contributed by atoms with Gasteiger partial charge < -0.3 is 4.98 Å². The summed E-state index contributed by atoms with van der Waals surface area (Å²) in [6.45, 7) is 1.56. The Kier molecular flexibility index (Phi) is 4.60. The highest BCUT2D eigenvalue weighted by Crippen LogP contribution is 2.32. The minimum absolute atomic E-state index is 0.139. The Morgan fingerprint density at radius 2 is 1.72 bits per heavy atom. The number of carbonyl (C=O) groups is 2. The number of hydrogen-bond donors (Lipinski definition) is 1. The molecule has 5 rings (SSSR count). The first kappa shape index (κ1) is 18.3. The van der Waals surface area contributed by atoms with Crippen molar-refractivity contribution in [3.63, 3.8) is 0 Å². The molecule has 0 radical (unpaired) electrons. The Morgan fingerprint density at radius 3 is 2.45 bits per heavy atom. The van der Waals surface area contributed by atoms with Gasteiger partial charge in [0.25, 0.3) is 5.91 Å². The molecule has 7 heteroatoms. The first-order chi connectivity index (χ1) is 14.1. The van der Waals surface area contributed by atoms with E-state index < -0.39 is 0 Å². The van der Waals surface area contributed by atoms with Crippen LogP contribution in [0.5, 0.6) is 0 Å². The number of halogens is 1. The molecule has 148 valence electrons. The van der Waals surface area contributed by atoms with Gasteiger partial charge in [0.2, 0.25) is 5.91 Å². The van der Waals surface area contributed by atoms with E-state index in [0.717, 1.165) is 42.8 Å². The highest BCUT2D eigenvalue weighted by atomic mass is 35.5. The second kappa shape index (κ2) is 7.28. The number of rotatable bonds is 3. The molecule has 1 unspecified atom stereocenters. The number of nitrogens with zero attached hydrogens (tertiary/aromatic N) is 3. The van der Waals surface area contributed by atoms with E-state index in [9.17, 15) is 9.59 Å². The molecule has 1 aromatic heterocycles. The van der Waals surface area contributed by atoms with Crippen molar-refractivity contribution >= 4 is 40.1 Å². The van der Waals surface area contributed by atoms with Crippen LogP contribution in [0.25, 0.3) is 11.0 Å². The summed E-state index contributed by atoms with van der Waals surface area (Å²) < 4.78 is 0. The molecular formula is C22H21ClN4O2. The molecule has 2 aromatic carbocycles. The van der Waals surface area contributed by atoms with Gasteiger partial charge in [-0.3, -0.25) is 14.5 Å². The lowest BCUT2D eigenvalue weighted by Gasteiger charge is -2.34. The van der Waals surface area contributed by atoms with Gasteiger partial charge in [0.1, 0.15) is 5.82 Å². The van der Waals surface area contributed by atoms with Crippen molar-refractivity contribution < 1.29 is 9.59 Å². The number of carbonyl (C=O) groups excluding carboxylic acids is 2. The van der Waals surface area contributed by atoms with Crippen LogP contribution in [0.3, 0.4) is 0 Å². The summed E-state index contributed by atoms with van der Waals surface area (Å²) in [4.78, 5) is 37.1. The number of imidazole rings is 1. The molecule has 2 fully saturated rings. The fourth-order valence-electron chi connectivity index (χ4n) is 4.41. The first-order valence-corrected chi connectivity index (χ1v) is 10.3. The summed E-state index contributed by atoms with van der Waals surface area (Å²) in [7, 11) is 0. The van der Waals surface area contributed by atoms with Gasteiger partial charge in [-0.25, -0.2) is 9.88 Å². The second-order valence-corrected chi connectivity index (χ2v) is 8.15. The van der Waals surface area contributed by atoms with Crippen molar-refractivity contribution in [3.05, 3.63) is 59.4 Å². The van der Waals surface area contributed by atoms with Gasteiger partial charge in [0.05, 0.1) is 29.2 Å². The Balaban J connectivity index is 1.27. The standard InChI is InChI=1S/C22H21ClN4O2/c23-15-5-7-16(8-6-15)27-20(28)13-19(22(27)29)26-11-9-14(10-12-26)21-24-17-3-1-2-4-18(17)25-21/h1-8,14,19H,9-13H2,(H,24,25). The van der Waals surface area contributed by atoms with E-state index in [1.807, 2.05) is 24.3 Å². The summed E-state index contributed by atoms with van der Waals surface area (Å²) in [6.07, 6.45) is 2.06. The van der Waals surface area contributed by atoms with E-state index in [4.69, 9.17) is 16.6 Å². The quantitative estimate of drug-likeness (QED) is 0.670. The van der Waals surface area contributed by atoms with Crippen LogP contribution in [-0.4, -0.2) is 45.8 Å². The Labute approximate surface area is 173 Å². The Hall–Kier alpha value is -2.70. The van der Waals surface area contributed by atoms with Crippen LogP contribution < -0.4 is 4.90 Å². The van der Waals surface area contributed by atoms with Crippen LogP contribution in [-0.2, 0) is 9.59 Å². The molecule has 29 heavy (non-hydrogen) atoms. The number of H-pyrrole nitrogens is 1. The summed E-state index contributed by atoms with van der Waals surface area (Å²) in [6, 6.07) is 14.5. The number of likely N-dealkylation sites (tertiary alicyclic amines) is 1. The zero-order chi connectivity index (χ0) is 20.0. The molecule has 1 N–H and O–H groups in total. The predicted octanol–water partition coefficient (Wildman–Crippen LogP) is 3.73. The van der Waals surface area contributed by atoms with Crippen molar-refractivity contribution in [2.75, 3.05) is 18.0 Å². The number of benzene rings is 2. The van der Waals surface area contributed by atoms with E-state index in [1.54, 1.807) is 24.3 Å². The third kappa shape index (κ3) is 3.32. The molecule has 0 aliphatic carbocycles. The van der Waals surface area contributed by atoms with E-state index in [2.05, 4.69) is 9.88 Å². The smallest absolute Gasteiger partial charge is 0.251 e. The molecule has 6 nitrogen and oxygen atoms in total. The summed E-state index contributed by atoms with van der Waals surface area (Å²) in [5.74, 6) is 1.07. The van der Waals surface area contributed by atoms with Crippen LogP contribution in [0.15, 0.2) is 48.5 Å². The molecule has 1 atom stereocenters. The molecular weight excluding hydrogens is 388 g/mol. The SMILES string of the molecule is O=C1CC(N2CCC(c3nc4ccccc4[nH]3)CC2)C(=O)N1c1ccc(Cl)cc1. The molecule has 2 saturated heterocycles. The maximum absolute atomic E-state index is 13.0. The van der Waals surface area contributed by atoms with Gasteiger partial charge >= 0.3 is 0 Å². The summed E-state index contributed by atoms with van der Waals surface area (Å²) >= 11 is 5.93.